The van der Waals surface area contributed by atoms with Crippen LogP contribution in [0.1, 0.15) is 28.7 Å². The Hall–Kier alpha value is -2.70. The fraction of sp³-hybridized carbons (Fsp3) is 0.321. The molecule has 178 valence electrons. The van der Waals surface area contributed by atoms with Crippen molar-refractivity contribution in [2.75, 3.05) is 19.7 Å². The van der Waals surface area contributed by atoms with E-state index in [1.807, 2.05) is 66.7 Å². The molecule has 2 unspecified atom stereocenters. The van der Waals surface area contributed by atoms with Crippen molar-refractivity contribution < 1.29 is 14.7 Å². The molecule has 1 aliphatic rings. The number of aliphatic hydroxyl groups is 1. The molecular formula is C28H31ClN2O3. The molecular weight excluding hydrogens is 448 g/mol. The minimum absolute atomic E-state index is 0.0776. The quantitative estimate of drug-likeness (QED) is 0.410. The molecule has 0 saturated heterocycles. The summed E-state index contributed by atoms with van der Waals surface area (Å²) in [5.41, 5.74) is 5.46. The van der Waals surface area contributed by atoms with Crippen molar-refractivity contribution in [1.29, 1.82) is 0 Å². The van der Waals surface area contributed by atoms with Crippen molar-refractivity contribution in [1.82, 2.24) is 4.90 Å². The van der Waals surface area contributed by atoms with Gasteiger partial charge in [0.1, 0.15) is 6.10 Å². The van der Waals surface area contributed by atoms with Crippen molar-refractivity contribution in [2.24, 2.45) is 5.16 Å². The van der Waals surface area contributed by atoms with Crippen LogP contribution < -0.4 is 0 Å². The predicted molar refractivity (Wildman–Crippen MR) is 136 cm³/mol. The largest absolute Gasteiger partial charge is 0.390 e. The molecule has 6 heteroatoms. The third-order valence-corrected chi connectivity index (χ3v) is 6.07. The summed E-state index contributed by atoms with van der Waals surface area (Å²) in [6.07, 6.45) is 0.0320. The normalized spacial score (nSPS) is 16.4. The molecule has 0 aliphatic carbocycles. The number of nitrogens with zero attached hydrogens (tertiary/aromatic N) is 2. The van der Waals surface area contributed by atoms with Crippen LogP contribution in [0.2, 0.25) is 5.02 Å². The van der Waals surface area contributed by atoms with E-state index in [2.05, 4.69) is 29.1 Å². The standard InChI is InChI=1S/C28H31ClN2O3/c1-21-8-5-6-13-27(21)28-15-26(34-30-28)18-31(16-23-11-7-12-24(29)14-23)17-25(32)20-33-19-22-9-3-2-4-10-22/h2-14,25-26,32H,15-20H2,1H3. The van der Waals surface area contributed by atoms with Gasteiger partial charge >= 0.3 is 0 Å². The van der Waals surface area contributed by atoms with Gasteiger partial charge in [-0.3, -0.25) is 4.90 Å². The minimum Gasteiger partial charge on any atom is -0.390 e. The Morgan fingerprint density at radius 3 is 2.62 bits per heavy atom. The highest BCUT2D eigenvalue weighted by Gasteiger charge is 2.26. The first-order chi connectivity index (χ1) is 16.6. The molecule has 3 aromatic carbocycles. The summed E-state index contributed by atoms with van der Waals surface area (Å²) >= 11 is 6.20. The second kappa shape index (κ2) is 12.1. The Bertz CT molecular complexity index is 1090. The Morgan fingerprint density at radius 2 is 1.82 bits per heavy atom. The Kier molecular flexibility index (Phi) is 8.72. The number of hydrogen-bond acceptors (Lipinski definition) is 5. The first-order valence-electron chi connectivity index (χ1n) is 11.6. The lowest BCUT2D eigenvalue weighted by Gasteiger charge is -2.27. The minimum atomic E-state index is -0.624. The van der Waals surface area contributed by atoms with Crippen LogP contribution in [0.4, 0.5) is 0 Å². The van der Waals surface area contributed by atoms with Gasteiger partial charge < -0.3 is 14.7 Å². The van der Waals surface area contributed by atoms with Gasteiger partial charge in [-0.05, 0) is 35.7 Å². The highest BCUT2D eigenvalue weighted by atomic mass is 35.5. The van der Waals surface area contributed by atoms with Gasteiger partial charge in [-0.2, -0.15) is 0 Å². The third-order valence-electron chi connectivity index (χ3n) is 5.84. The first-order valence-corrected chi connectivity index (χ1v) is 12.0. The maximum atomic E-state index is 10.7. The van der Waals surface area contributed by atoms with Gasteiger partial charge in [0.05, 0.1) is 25.0 Å². The van der Waals surface area contributed by atoms with E-state index in [1.165, 1.54) is 5.56 Å². The lowest BCUT2D eigenvalue weighted by molar-refractivity contribution is -0.00648. The molecule has 34 heavy (non-hydrogen) atoms. The van der Waals surface area contributed by atoms with Crippen LogP contribution in [-0.4, -0.2) is 47.6 Å². The summed E-state index contributed by atoms with van der Waals surface area (Å²) in [5, 5.41) is 15.8. The van der Waals surface area contributed by atoms with Crippen LogP contribution in [-0.2, 0) is 22.7 Å². The van der Waals surface area contributed by atoms with Gasteiger partial charge in [-0.1, -0.05) is 83.5 Å². The van der Waals surface area contributed by atoms with E-state index >= 15 is 0 Å². The number of rotatable bonds is 11. The Labute approximate surface area is 206 Å². The number of ether oxygens (including phenoxy) is 1. The highest BCUT2D eigenvalue weighted by molar-refractivity contribution is 6.30. The summed E-state index contributed by atoms with van der Waals surface area (Å²) in [7, 11) is 0. The predicted octanol–water partition coefficient (Wildman–Crippen LogP) is 5.22. The number of halogens is 1. The average molecular weight is 479 g/mol. The van der Waals surface area contributed by atoms with E-state index in [-0.39, 0.29) is 12.7 Å². The molecule has 3 aromatic rings. The zero-order chi connectivity index (χ0) is 23.8. The Balaban J connectivity index is 1.35. The van der Waals surface area contributed by atoms with Crippen LogP contribution in [0.5, 0.6) is 0 Å². The van der Waals surface area contributed by atoms with Crippen LogP contribution in [0, 0.1) is 6.92 Å². The molecule has 0 radical (unpaired) electrons. The molecule has 0 aromatic heterocycles. The van der Waals surface area contributed by atoms with Crippen molar-refractivity contribution in [2.45, 2.75) is 38.7 Å². The van der Waals surface area contributed by atoms with E-state index < -0.39 is 6.10 Å². The summed E-state index contributed by atoms with van der Waals surface area (Å²) in [6.45, 7) is 4.57. The molecule has 0 bridgehead atoms. The molecule has 0 spiro atoms. The van der Waals surface area contributed by atoms with Crippen LogP contribution in [0.15, 0.2) is 84.0 Å². The van der Waals surface area contributed by atoms with Gasteiger partial charge in [0, 0.05) is 36.6 Å². The fourth-order valence-corrected chi connectivity index (χ4v) is 4.42. The number of aryl methyl sites for hydroxylation is 1. The van der Waals surface area contributed by atoms with E-state index in [9.17, 15) is 5.11 Å². The molecule has 1 aliphatic heterocycles. The lowest BCUT2D eigenvalue weighted by Crippen LogP contribution is -2.39. The van der Waals surface area contributed by atoms with Crippen LogP contribution in [0.3, 0.4) is 0 Å². The van der Waals surface area contributed by atoms with E-state index in [1.54, 1.807) is 0 Å². The van der Waals surface area contributed by atoms with Gasteiger partial charge in [0.25, 0.3) is 0 Å². The van der Waals surface area contributed by atoms with Crippen molar-refractivity contribution in [3.05, 3.63) is 106 Å². The van der Waals surface area contributed by atoms with Gasteiger partial charge in [0.15, 0.2) is 0 Å². The molecule has 0 amide bonds. The molecule has 0 fully saturated rings. The highest BCUT2D eigenvalue weighted by Crippen LogP contribution is 2.21. The zero-order valence-electron chi connectivity index (χ0n) is 19.4. The summed E-state index contributed by atoms with van der Waals surface area (Å²) in [4.78, 5) is 7.98. The SMILES string of the molecule is Cc1ccccc1C1=NOC(CN(Cc2cccc(Cl)c2)CC(O)COCc2ccccc2)C1. The van der Waals surface area contributed by atoms with Gasteiger partial charge in [-0.15, -0.1) is 0 Å². The fourth-order valence-electron chi connectivity index (χ4n) is 4.20. The van der Waals surface area contributed by atoms with Crippen LogP contribution in [0.25, 0.3) is 0 Å². The molecule has 0 saturated carbocycles. The Morgan fingerprint density at radius 1 is 1.06 bits per heavy atom. The molecule has 5 nitrogen and oxygen atoms in total. The summed E-state index contributed by atoms with van der Waals surface area (Å²) < 4.78 is 5.76. The number of benzene rings is 3. The lowest BCUT2D eigenvalue weighted by atomic mass is 10.00. The van der Waals surface area contributed by atoms with E-state index in [0.717, 1.165) is 28.8 Å². The average Bonchev–Trinajstić information content (AvgIpc) is 3.28. The second-order valence-electron chi connectivity index (χ2n) is 8.76. The molecule has 1 N–H and O–H groups in total. The van der Waals surface area contributed by atoms with Crippen molar-refractivity contribution >= 4 is 17.3 Å². The second-order valence-corrected chi connectivity index (χ2v) is 9.20. The monoisotopic (exact) mass is 478 g/mol. The maximum Gasteiger partial charge on any atom is 0.145 e. The zero-order valence-corrected chi connectivity index (χ0v) is 20.2. The number of oxime groups is 1. The number of hydrogen-bond donors (Lipinski definition) is 1. The molecule has 1 heterocycles. The van der Waals surface area contributed by atoms with Crippen LogP contribution >= 0.6 is 11.6 Å². The van der Waals surface area contributed by atoms with E-state index in [0.29, 0.717) is 31.3 Å². The van der Waals surface area contributed by atoms with E-state index in [4.69, 9.17) is 21.2 Å². The maximum absolute atomic E-state index is 10.7. The smallest absolute Gasteiger partial charge is 0.145 e. The first kappa shape index (κ1) is 24.4. The van der Waals surface area contributed by atoms with Crippen molar-refractivity contribution in [3.8, 4) is 0 Å². The van der Waals surface area contributed by atoms with Gasteiger partial charge in [-0.25, -0.2) is 0 Å². The van der Waals surface area contributed by atoms with Gasteiger partial charge in [0.2, 0.25) is 0 Å². The summed E-state index contributed by atoms with van der Waals surface area (Å²) in [6, 6.07) is 26.0. The topological polar surface area (TPSA) is 54.3 Å². The number of aliphatic hydroxyl groups excluding tert-OH is 1. The molecule has 4 rings (SSSR count). The third kappa shape index (κ3) is 7.15. The van der Waals surface area contributed by atoms with Crippen molar-refractivity contribution in [3.63, 3.8) is 0 Å². The summed E-state index contributed by atoms with van der Waals surface area (Å²) in [5.74, 6) is 0. The molecule has 2 atom stereocenters.